The van der Waals surface area contributed by atoms with Crippen molar-refractivity contribution in [3.05, 3.63) is 101 Å². The van der Waals surface area contributed by atoms with Crippen molar-refractivity contribution >= 4 is 17.0 Å². The summed E-state index contributed by atoms with van der Waals surface area (Å²) < 4.78 is 30.2. The number of hydrogen-bond acceptors (Lipinski definition) is 4. The Kier molecular flexibility index (Phi) is 9.42. The fourth-order valence-electron chi connectivity index (χ4n) is 9.26. The van der Waals surface area contributed by atoms with E-state index in [1.807, 2.05) is 54.6 Å². The van der Waals surface area contributed by atoms with Gasteiger partial charge in [0, 0.05) is 30.7 Å². The average molecular weight is 689 g/mol. The zero-order valence-electron chi connectivity index (χ0n) is 30.5. The number of halogens is 1. The van der Waals surface area contributed by atoms with Crippen molar-refractivity contribution < 1.29 is 23.8 Å². The molecule has 266 valence electrons. The number of benzene rings is 4. The van der Waals surface area contributed by atoms with E-state index >= 15 is 4.39 Å². The maximum Gasteiger partial charge on any atom is 0.303 e. The SMILES string of the molecule is COc1cc(OCCCC(=O)O)ccc1-c1nc2cc(-c3ccccc3)c(F)cc2n1C[C@@]1(C)CCC[C@]2(C)c3ccc(C(C)C)cc3CC[C@@H]12. The van der Waals surface area contributed by atoms with Gasteiger partial charge in [0.1, 0.15) is 23.1 Å². The van der Waals surface area contributed by atoms with Crippen LogP contribution in [-0.4, -0.2) is 34.3 Å². The lowest BCUT2D eigenvalue weighted by molar-refractivity contribution is -0.137. The molecule has 0 bridgehead atoms. The summed E-state index contributed by atoms with van der Waals surface area (Å²) in [7, 11) is 1.63. The molecule has 51 heavy (non-hydrogen) atoms. The van der Waals surface area contributed by atoms with Gasteiger partial charge in [0.25, 0.3) is 0 Å². The number of ether oxygens (including phenoxy) is 2. The lowest BCUT2D eigenvalue weighted by atomic mass is 9.49. The van der Waals surface area contributed by atoms with Crippen LogP contribution in [0.3, 0.4) is 0 Å². The van der Waals surface area contributed by atoms with Gasteiger partial charge in [-0.2, -0.15) is 0 Å². The smallest absolute Gasteiger partial charge is 0.303 e. The van der Waals surface area contributed by atoms with Gasteiger partial charge in [0.2, 0.25) is 0 Å². The summed E-state index contributed by atoms with van der Waals surface area (Å²) >= 11 is 0. The number of aliphatic carboxylic acids is 1. The van der Waals surface area contributed by atoms with Gasteiger partial charge in [-0.25, -0.2) is 9.37 Å². The summed E-state index contributed by atoms with van der Waals surface area (Å²) in [6, 6.07) is 26.0. The van der Waals surface area contributed by atoms with Gasteiger partial charge in [0.15, 0.2) is 0 Å². The molecular weight excluding hydrogens is 639 g/mol. The van der Waals surface area contributed by atoms with Crippen LogP contribution in [0.4, 0.5) is 4.39 Å². The number of aromatic nitrogens is 2. The van der Waals surface area contributed by atoms with Gasteiger partial charge >= 0.3 is 5.97 Å². The summed E-state index contributed by atoms with van der Waals surface area (Å²) in [6.45, 7) is 10.4. The molecule has 7 rings (SSSR count). The summed E-state index contributed by atoms with van der Waals surface area (Å²) in [5, 5.41) is 9.02. The molecule has 1 fully saturated rings. The van der Waals surface area contributed by atoms with Crippen LogP contribution in [0.5, 0.6) is 11.5 Å². The molecule has 0 unspecified atom stereocenters. The molecular formula is C44H49FN2O4. The Morgan fingerprint density at radius 3 is 2.57 bits per heavy atom. The van der Waals surface area contributed by atoms with E-state index in [0.717, 1.165) is 60.1 Å². The van der Waals surface area contributed by atoms with Crippen molar-refractivity contribution in [2.75, 3.05) is 13.7 Å². The Morgan fingerprint density at radius 1 is 1.02 bits per heavy atom. The fraction of sp³-hybridized carbons (Fsp3) is 0.409. The molecule has 2 aliphatic carbocycles. The van der Waals surface area contributed by atoms with Gasteiger partial charge in [-0.15, -0.1) is 0 Å². The molecule has 0 spiro atoms. The molecule has 0 radical (unpaired) electrons. The number of carboxylic acid groups (broad SMARTS) is 1. The average Bonchev–Trinajstić information content (AvgIpc) is 3.45. The van der Waals surface area contributed by atoms with Gasteiger partial charge in [-0.05, 0) is 95.2 Å². The molecule has 0 amide bonds. The van der Waals surface area contributed by atoms with Gasteiger partial charge in [-0.3, -0.25) is 4.79 Å². The largest absolute Gasteiger partial charge is 0.496 e. The van der Waals surface area contributed by atoms with Gasteiger partial charge in [-0.1, -0.05) is 82.6 Å². The first-order valence-electron chi connectivity index (χ1n) is 18.4. The minimum absolute atomic E-state index is 0.0458. The number of carbonyl (C=O) groups is 1. The van der Waals surface area contributed by atoms with E-state index in [-0.39, 0.29) is 29.7 Å². The number of nitrogens with zero attached hydrogens (tertiary/aromatic N) is 2. The van der Waals surface area contributed by atoms with Crippen LogP contribution in [0.2, 0.25) is 0 Å². The first kappa shape index (κ1) is 34.8. The number of methoxy groups -OCH3 is 1. The molecule has 3 atom stereocenters. The summed E-state index contributed by atoms with van der Waals surface area (Å²) in [5.74, 6) is 1.75. The number of carboxylic acids is 1. The number of hydrogen-bond donors (Lipinski definition) is 1. The summed E-state index contributed by atoms with van der Waals surface area (Å²) in [5.41, 5.74) is 8.03. The lowest BCUT2D eigenvalue weighted by Gasteiger charge is -2.56. The number of aryl methyl sites for hydroxylation is 1. The molecule has 7 heteroatoms. The first-order valence-corrected chi connectivity index (χ1v) is 18.4. The van der Waals surface area contributed by atoms with Crippen molar-refractivity contribution in [1.29, 1.82) is 0 Å². The Morgan fingerprint density at radius 2 is 1.82 bits per heavy atom. The van der Waals surface area contributed by atoms with Crippen LogP contribution in [0.15, 0.2) is 78.9 Å². The molecule has 1 N–H and O–H groups in total. The van der Waals surface area contributed by atoms with Gasteiger partial charge < -0.3 is 19.1 Å². The van der Waals surface area contributed by atoms with Gasteiger partial charge in [0.05, 0.1) is 30.3 Å². The van der Waals surface area contributed by atoms with Crippen molar-refractivity contribution in [3.8, 4) is 34.0 Å². The predicted molar refractivity (Wildman–Crippen MR) is 201 cm³/mol. The Hall–Kier alpha value is -4.65. The normalized spacial score (nSPS) is 21.4. The van der Waals surface area contributed by atoms with E-state index in [4.69, 9.17) is 19.6 Å². The molecule has 0 saturated heterocycles. The van der Waals surface area contributed by atoms with E-state index in [1.165, 1.54) is 16.7 Å². The third-order valence-electron chi connectivity index (χ3n) is 11.8. The van der Waals surface area contributed by atoms with Crippen LogP contribution < -0.4 is 9.47 Å². The monoisotopic (exact) mass is 688 g/mol. The third-order valence-corrected chi connectivity index (χ3v) is 11.8. The minimum atomic E-state index is -0.845. The quantitative estimate of drug-likeness (QED) is 0.140. The highest BCUT2D eigenvalue weighted by molar-refractivity contribution is 5.87. The fourth-order valence-corrected chi connectivity index (χ4v) is 9.26. The van der Waals surface area contributed by atoms with E-state index in [2.05, 4.69) is 50.5 Å². The molecule has 2 aliphatic rings. The standard InChI is InChI=1S/C44H49FN2O4/c1-28(2)30-14-18-35-31(23-30)15-19-40-43(3,20-10-21-44(35,40)4)27-47-38-26-36(45)34(29-11-7-6-8-12-29)25-37(38)46-42(47)33-17-16-32(24-39(33)50-5)51-22-9-13-41(48)49/h6-8,11-12,14,16-18,23-26,28,40H,9-10,13,15,19-22,27H2,1-5H3,(H,48,49)/t40-,43+,44+/m0/s1. The zero-order chi connectivity index (χ0) is 35.9. The predicted octanol–water partition coefficient (Wildman–Crippen LogP) is 10.6. The zero-order valence-corrected chi connectivity index (χ0v) is 30.5. The van der Waals surface area contributed by atoms with Crippen molar-refractivity contribution in [2.45, 2.75) is 90.5 Å². The van der Waals surface area contributed by atoms with Crippen molar-refractivity contribution in [2.24, 2.45) is 11.3 Å². The number of fused-ring (bicyclic) bond motifs is 4. The van der Waals surface area contributed by atoms with Crippen LogP contribution in [0.1, 0.15) is 88.8 Å². The number of imidazole rings is 1. The summed E-state index contributed by atoms with van der Waals surface area (Å²) in [6.07, 6.45) is 6.01. The Labute approximate surface area is 300 Å². The Bertz CT molecular complexity index is 2070. The van der Waals surface area contributed by atoms with Crippen molar-refractivity contribution in [3.63, 3.8) is 0 Å². The molecule has 5 aromatic rings. The second-order valence-electron chi connectivity index (χ2n) is 15.5. The highest BCUT2D eigenvalue weighted by Crippen LogP contribution is 2.58. The van der Waals surface area contributed by atoms with Crippen LogP contribution in [0, 0.1) is 17.2 Å². The van der Waals surface area contributed by atoms with Crippen LogP contribution in [0.25, 0.3) is 33.5 Å². The lowest BCUT2D eigenvalue weighted by Crippen LogP contribution is -2.50. The molecule has 1 heterocycles. The third kappa shape index (κ3) is 6.52. The molecule has 4 aromatic carbocycles. The topological polar surface area (TPSA) is 73.6 Å². The number of rotatable bonds is 11. The van der Waals surface area contributed by atoms with Crippen LogP contribution >= 0.6 is 0 Å². The maximum atomic E-state index is 16.1. The van der Waals surface area contributed by atoms with E-state index in [0.29, 0.717) is 41.9 Å². The second-order valence-corrected chi connectivity index (χ2v) is 15.5. The Balaban J connectivity index is 1.32. The second kappa shape index (κ2) is 13.8. The first-order chi connectivity index (χ1) is 24.5. The highest BCUT2D eigenvalue weighted by Gasteiger charge is 2.52. The minimum Gasteiger partial charge on any atom is -0.496 e. The maximum absolute atomic E-state index is 16.1. The van der Waals surface area contributed by atoms with Crippen molar-refractivity contribution in [1.82, 2.24) is 9.55 Å². The van der Waals surface area contributed by atoms with Crippen LogP contribution in [-0.2, 0) is 23.2 Å². The summed E-state index contributed by atoms with van der Waals surface area (Å²) in [4.78, 5) is 16.2. The molecule has 0 aliphatic heterocycles. The van der Waals surface area contributed by atoms with E-state index in [9.17, 15) is 4.79 Å². The molecule has 1 aromatic heterocycles. The van der Waals surface area contributed by atoms with E-state index < -0.39 is 5.97 Å². The highest BCUT2D eigenvalue weighted by atomic mass is 19.1. The van der Waals surface area contributed by atoms with E-state index in [1.54, 1.807) is 13.2 Å². The molecule has 1 saturated carbocycles. The molecule has 6 nitrogen and oxygen atoms in total.